The van der Waals surface area contributed by atoms with Crippen LogP contribution in [0.25, 0.3) is 10.1 Å². The third-order valence-electron chi connectivity index (χ3n) is 5.84. The van der Waals surface area contributed by atoms with Gasteiger partial charge < -0.3 is 10.2 Å². The Kier molecular flexibility index (Phi) is 4.78. The maximum absolute atomic E-state index is 12.4. The number of benzene rings is 1. The molecule has 0 radical (unpaired) electrons. The first-order valence-electron chi connectivity index (χ1n) is 9.39. The molecule has 27 heavy (non-hydrogen) atoms. The monoisotopic (exact) mass is 382 g/mol. The first kappa shape index (κ1) is 18.2. The van der Waals surface area contributed by atoms with E-state index in [0.717, 1.165) is 24.5 Å². The second-order valence-corrected chi connectivity index (χ2v) is 8.42. The van der Waals surface area contributed by atoms with Crippen LogP contribution in [0.3, 0.4) is 0 Å². The Morgan fingerprint density at radius 1 is 1.26 bits per heavy atom. The Labute approximate surface area is 164 Å². The lowest BCUT2D eigenvalue weighted by Gasteiger charge is -2.26. The summed E-state index contributed by atoms with van der Waals surface area (Å²) >= 11 is 1.79. The van der Waals surface area contributed by atoms with Gasteiger partial charge in [-0.1, -0.05) is 18.2 Å². The summed E-state index contributed by atoms with van der Waals surface area (Å²) in [6, 6.07) is 8.61. The first-order valence-corrected chi connectivity index (χ1v) is 10.3. The normalized spacial score (nSPS) is 20.1. The summed E-state index contributed by atoms with van der Waals surface area (Å²) in [5, 5.41) is 11.7. The molecular formula is C21H26N4OS. The van der Waals surface area contributed by atoms with Gasteiger partial charge in [0, 0.05) is 55.5 Å². The molecule has 6 heteroatoms. The summed E-state index contributed by atoms with van der Waals surface area (Å²) < 4.78 is 3.24. The number of thiophene rings is 1. The highest BCUT2D eigenvalue weighted by molar-refractivity contribution is 7.17. The molecule has 0 spiro atoms. The van der Waals surface area contributed by atoms with Crippen molar-refractivity contribution in [2.75, 3.05) is 13.6 Å². The molecule has 1 aliphatic heterocycles. The second kappa shape index (κ2) is 7.09. The second-order valence-electron chi connectivity index (χ2n) is 7.51. The van der Waals surface area contributed by atoms with E-state index in [4.69, 9.17) is 0 Å². The number of hydrogen-bond acceptors (Lipinski definition) is 4. The van der Waals surface area contributed by atoms with E-state index in [1.165, 1.54) is 21.2 Å². The molecule has 3 heterocycles. The topological polar surface area (TPSA) is 50.2 Å². The fourth-order valence-corrected chi connectivity index (χ4v) is 5.31. The van der Waals surface area contributed by atoms with Gasteiger partial charge in [-0.05, 0) is 36.2 Å². The molecule has 1 aliphatic rings. The van der Waals surface area contributed by atoms with Gasteiger partial charge in [-0.3, -0.25) is 9.48 Å². The molecule has 4 rings (SSSR count). The lowest BCUT2D eigenvalue weighted by atomic mass is 9.92. The van der Waals surface area contributed by atoms with Gasteiger partial charge in [0.15, 0.2) is 0 Å². The van der Waals surface area contributed by atoms with Gasteiger partial charge in [0.05, 0.1) is 11.7 Å². The zero-order chi connectivity index (χ0) is 19.1. The molecule has 5 nitrogen and oxygen atoms in total. The van der Waals surface area contributed by atoms with Crippen LogP contribution in [0.5, 0.6) is 0 Å². The number of rotatable bonds is 5. The number of nitrogens with zero attached hydrogens (tertiary/aromatic N) is 3. The van der Waals surface area contributed by atoms with E-state index in [9.17, 15) is 4.79 Å². The van der Waals surface area contributed by atoms with E-state index in [-0.39, 0.29) is 17.9 Å². The van der Waals surface area contributed by atoms with Crippen LogP contribution in [0.4, 0.5) is 0 Å². The standard InChI is InChI=1S/C21H26N4OS/c1-13-20(14(2)25(4)23-13)21-15(9-19(26)24(21)3)10-22-11-16-12-27-18-8-6-5-7-17(16)18/h5-8,12,15,21-22H,9-11H2,1-4H3/t15-,21+/m0/s1. The third-order valence-corrected chi connectivity index (χ3v) is 6.85. The highest BCUT2D eigenvalue weighted by atomic mass is 32.1. The molecule has 0 saturated carbocycles. The van der Waals surface area contributed by atoms with Gasteiger partial charge in [-0.15, -0.1) is 11.3 Å². The van der Waals surface area contributed by atoms with Gasteiger partial charge in [-0.25, -0.2) is 0 Å². The maximum Gasteiger partial charge on any atom is 0.223 e. The number of carbonyl (C=O) groups excluding carboxylic acids is 1. The number of nitrogens with one attached hydrogen (secondary N) is 1. The van der Waals surface area contributed by atoms with Crippen LogP contribution in [0, 0.1) is 19.8 Å². The van der Waals surface area contributed by atoms with Crippen molar-refractivity contribution in [3.8, 4) is 0 Å². The van der Waals surface area contributed by atoms with Crippen LogP contribution in [0.2, 0.25) is 0 Å². The molecule has 1 fully saturated rings. The van der Waals surface area contributed by atoms with Gasteiger partial charge in [0.25, 0.3) is 0 Å². The van der Waals surface area contributed by atoms with Crippen molar-refractivity contribution >= 4 is 27.3 Å². The van der Waals surface area contributed by atoms with Gasteiger partial charge >= 0.3 is 0 Å². The Bertz CT molecular complexity index is 989. The number of fused-ring (bicyclic) bond motifs is 1. The summed E-state index contributed by atoms with van der Waals surface area (Å²) in [6.45, 7) is 5.78. The summed E-state index contributed by atoms with van der Waals surface area (Å²) in [7, 11) is 3.89. The number of aromatic nitrogens is 2. The molecule has 1 N–H and O–H groups in total. The zero-order valence-electron chi connectivity index (χ0n) is 16.3. The fourth-order valence-electron chi connectivity index (χ4n) is 4.34. The average molecular weight is 383 g/mol. The Morgan fingerprint density at radius 3 is 2.78 bits per heavy atom. The highest BCUT2D eigenvalue weighted by Gasteiger charge is 2.40. The Morgan fingerprint density at radius 2 is 2.04 bits per heavy atom. The largest absolute Gasteiger partial charge is 0.338 e. The molecule has 1 saturated heterocycles. The quantitative estimate of drug-likeness (QED) is 0.734. The van der Waals surface area contributed by atoms with Gasteiger partial charge in [0.2, 0.25) is 5.91 Å². The lowest BCUT2D eigenvalue weighted by Crippen LogP contribution is -2.29. The summed E-state index contributed by atoms with van der Waals surface area (Å²) in [6.07, 6.45) is 0.590. The average Bonchev–Trinajstić information content (AvgIpc) is 3.25. The molecule has 1 aromatic carbocycles. The molecule has 142 valence electrons. The molecule has 0 bridgehead atoms. The minimum Gasteiger partial charge on any atom is -0.338 e. The Hall–Kier alpha value is -2.18. The summed E-state index contributed by atoms with van der Waals surface area (Å²) in [5.74, 6) is 0.476. The van der Waals surface area contributed by atoms with Crippen LogP contribution >= 0.6 is 11.3 Å². The van der Waals surface area contributed by atoms with Crippen molar-refractivity contribution in [3.63, 3.8) is 0 Å². The minimum atomic E-state index is 0.0953. The highest BCUT2D eigenvalue weighted by Crippen LogP contribution is 2.39. The smallest absolute Gasteiger partial charge is 0.223 e. The van der Waals surface area contributed by atoms with Crippen molar-refractivity contribution in [2.45, 2.75) is 32.9 Å². The van der Waals surface area contributed by atoms with Crippen molar-refractivity contribution in [1.82, 2.24) is 20.0 Å². The van der Waals surface area contributed by atoms with E-state index in [1.807, 2.05) is 30.6 Å². The SMILES string of the molecule is Cc1nn(C)c(C)c1[C@H]1[C@H](CNCc2csc3ccccc23)CC(=O)N1C. The van der Waals surface area contributed by atoms with Crippen LogP contribution in [0.1, 0.15) is 35.0 Å². The zero-order valence-corrected chi connectivity index (χ0v) is 17.1. The van der Waals surface area contributed by atoms with Gasteiger partial charge in [0.1, 0.15) is 0 Å². The van der Waals surface area contributed by atoms with Crippen LogP contribution in [-0.4, -0.2) is 34.2 Å². The van der Waals surface area contributed by atoms with Crippen LogP contribution in [0.15, 0.2) is 29.6 Å². The number of amides is 1. The van der Waals surface area contributed by atoms with Crippen molar-refractivity contribution in [3.05, 3.63) is 52.2 Å². The van der Waals surface area contributed by atoms with Crippen LogP contribution in [-0.2, 0) is 18.4 Å². The molecule has 3 aromatic rings. The molecule has 0 aliphatic carbocycles. The fraction of sp³-hybridized carbons (Fsp3) is 0.429. The van der Waals surface area contributed by atoms with E-state index in [1.54, 1.807) is 11.3 Å². The third kappa shape index (κ3) is 3.17. The van der Waals surface area contributed by atoms with E-state index in [0.29, 0.717) is 6.42 Å². The van der Waals surface area contributed by atoms with E-state index in [2.05, 4.69) is 47.0 Å². The van der Waals surface area contributed by atoms with E-state index < -0.39 is 0 Å². The number of hydrogen-bond donors (Lipinski definition) is 1. The predicted molar refractivity (Wildman–Crippen MR) is 110 cm³/mol. The molecule has 1 amide bonds. The van der Waals surface area contributed by atoms with E-state index >= 15 is 0 Å². The number of likely N-dealkylation sites (tertiary alicyclic amines) is 1. The first-order chi connectivity index (χ1) is 13.0. The van der Waals surface area contributed by atoms with Crippen LogP contribution < -0.4 is 5.32 Å². The summed E-state index contributed by atoms with van der Waals surface area (Å²) in [5.41, 5.74) is 4.71. The lowest BCUT2D eigenvalue weighted by molar-refractivity contribution is -0.127. The van der Waals surface area contributed by atoms with Gasteiger partial charge in [-0.2, -0.15) is 5.10 Å². The molecule has 0 unspecified atom stereocenters. The maximum atomic E-state index is 12.4. The minimum absolute atomic E-state index is 0.0953. The molecule has 2 aromatic heterocycles. The number of carbonyl (C=O) groups is 1. The molecular weight excluding hydrogens is 356 g/mol. The van der Waals surface area contributed by atoms with Crippen molar-refractivity contribution in [2.24, 2.45) is 13.0 Å². The van der Waals surface area contributed by atoms with Crippen molar-refractivity contribution < 1.29 is 4.79 Å². The number of aryl methyl sites for hydroxylation is 2. The molecule has 2 atom stereocenters. The summed E-state index contributed by atoms with van der Waals surface area (Å²) in [4.78, 5) is 14.3. The predicted octanol–water partition coefficient (Wildman–Crippen LogP) is 3.56. The van der Waals surface area contributed by atoms with Crippen molar-refractivity contribution in [1.29, 1.82) is 0 Å². The Balaban J connectivity index is 1.51.